The van der Waals surface area contributed by atoms with E-state index in [-0.39, 0.29) is 18.2 Å². The second-order valence-electron chi connectivity index (χ2n) is 7.55. The first-order valence-electron chi connectivity index (χ1n) is 8.81. The maximum atomic E-state index is 12.4. The molecule has 23 heavy (non-hydrogen) atoms. The first-order valence-corrected chi connectivity index (χ1v) is 8.81. The van der Waals surface area contributed by atoms with Crippen LogP contribution in [0, 0.1) is 0 Å². The summed E-state index contributed by atoms with van der Waals surface area (Å²) in [6.45, 7) is 8.09. The van der Waals surface area contributed by atoms with Crippen molar-refractivity contribution in [2.24, 2.45) is 5.73 Å². The van der Waals surface area contributed by atoms with Crippen LogP contribution in [-0.4, -0.2) is 61.1 Å². The highest BCUT2D eigenvalue weighted by Gasteiger charge is 2.34. The van der Waals surface area contributed by atoms with Gasteiger partial charge in [0.15, 0.2) is 0 Å². The molecule has 0 aromatic rings. The smallest absolute Gasteiger partial charge is 0.410 e. The Morgan fingerprint density at radius 1 is 1.39 bits per heavy atom. The van der Waals surface area contributed by atoms with E-state index in [0.717, 1.165) is 32.3 Å². The minimum Gasteiger partial charge on any atom is -0.444 e. The fourth-order valence-electron chi connectivity index (χ4n) is 3.17. The molecule has 2 fully saturated rings. The lowest BCUT2D eigenvalue weighted by molar-refractivity contribution is -0.0388. The summed E-state index contributed by atoms with van der Waals surface area (Å²) in [5.74, 6) is 0. The number of hydrogen-bond acceptors (Lipinski definition) is 5. The normalized spacial score (nSPS) is 27.0. The van der Waals surface area contributed by atoms with Crippen molar-refractivity contribution in [1.29, 1.82) is 0 Å². The third-order valence-corrected chi connectivity index (χ3v) is 4.38. The van der Waals surface area contributed by atoms with Crippen LogP contribution in [0.4, 0.5) is 4.79 Å². The van der Waals surface area contributed by atoms with Gasteiger partial charge in [-0.15, -0.1) is 0 Å². The van der Waals surface area contributed by atoms with Crippen molar-refractivity contribution in [3.8, 4) is 0 Å². The van der Waals surface area contributed by atoms with Gasteiger partial charge in [0, 0.05) is 19.2 Å². The van der Waals surface area contributed by atoms with Crippen LogP contribution in [0.5, 0.6) is 0 Å². The lowest BCUT2D eigenvalue weighted by Gasteiger charge is -2.39. The highest BCUT2D eigenvalue weighted by molar-refractivity contribution is 5.68. The average Bonchev–Trinajstić information content (AvgIpc) is 2.98. The van der Waals surface area contributed by atoms with Gasteiger partial charge in [0.1, 0.15) is 5.60 Å². The van der Waals surface area contributed by atoms with E-state index in [0.29, 0.717) is 25.9 Å². The zero-order valence-corrected chi connectivity index (χ0v) is 14.8. The standard InChI is InChI=1S/C17H32N2O4/c1-17(2,3)23-16(20)19-9-11-21-12-15(19)14(18)8-4-6-13-7-5-10-22-13/h13-15H,4-12,18H2,1-3H3. The zero-order chi connectivity index (χ0) is 16.9. The summed E-state index contributed by atoms with van der Waals surface area (Å²) in [6.07, 6.45) is 5.36. The van der Waals surface area contributed by atoms with Gasteiger partial charge in [-0.05, 0) is 52.9 Å². The quantitative estimate of drug-likeness (QED) is 0.838. The molecule has 3 unspecified atom stereocenters. The molecule has 2 aliphatic heterocycles. The fourth-order valence-corrected chi connectivity index (χ4v) is 3.17. The van der Waals surface area contributed by atoms with Gasteiger partial charge < -0.3 is 19.9 Å². The number of carbonyl (C=O) groups is 1. The van der Waals surface area contributed by atoms with Crippen LogP contribution < -0.4 is 5.73 Å². The van der Waals surface area contributed by atoms with Crippen molar-refractivity contribution in [3.05, 3.63) is 0 Å². The summed E-state index contributed by atoms with van der Waals surface area (Å²) in [6, 6.07) is -0.202. The van der Waals surface area contributed by atoms with Gasteiger partial charge in [0.05, 0.1) is 25.4 Å². The Morgan fingerprint density at radius 2 is 2.17 bits per heavy atom. The molecule has 2 saturated heterocycles. The van der Waals surface area contributed by atoms with Crippen LogP contribution in [0.15, 0.2) is 0 Å². The molecule has 0 saturated carbocycles. The molecular formula is C17H32N2O4. The van der Waals surface area contributed by atoms with Crippen molar-refractivity contribution >= 4 is 6.09 Å². The molecule has 2 heterocycles. The molecule has 0 bridgehead atoms. The average molecular weight is 328 g/mol. The highest BCUT2D eigenvalue weighted by atomic mass is 16.6. The summed E-state index contributed by atoms with van der Waals surface area (Å²) in [7, 11) is 0. The van der Waals surface area contributed by atoms with E-state index < -0.39 is 5.60 Å². The summed E-state index contributed by atoms with van der Waals surface area (Å²) in [4.78, 5) is 14.1. The van der Waals surface area contributed by atoms with Crippen LogP contribution in [0.1, 0.15) is 52.9 Å². The van der Waals surface area contributed by atoms with Crippen LogP contribution in [0.2, 0.25) is 0 Å². The highest BCUT2D eigenvalue weighted by Crippen LogP contribution is 2.21. The van der Waals surface area contributed by atoms with Crippen LogP contribution >= 0.6 is 0 Å². The van der Waals surface area contributed by atoms with E-state index in [9.17, 15) is 4.79 Å². The number of hydrogen-bond donors (Lipinski definition) is 1. The predicted octanol–water partition coefficient (Wildman–Crippen LogP) is 2.30. The topological polar surface area (TPSA) is 74.0 Å². The lowest BCUT2D eigenvalue weighted by atomic mass is 9.99. The third kappa shape index (κ3) is 5.94. The van der Waals surface area contributed by atoms with Gasteiger partial charge in [-0.2, -0.15) is 0 Å². The van der Waals surface area contributed by atoms with Crippen LogP contribution in [0.25, 0.3) is 0 Å². The van der Waals surface area contributed by atoms with Crippen molar-refractivity contribution in [1.82, 2.24) is 4.90 Å². The molecule has 0 aromatic carbocycles. The van der Waals surface area contributed by atoms with Gasteiger partial charge in [0.2, 0.25) is 0 Å². The molecule has 1 amide bonds. The molecule has 2 aliphatic rings. The maximum absolute atomic E-state index is 12.4. The third-order valence-electron chi connectivity index (χ3n) is 4.38. The van der Waals surface area contributed by atoms with E-state index in [1.807, 2.05) is 20.8 Å². The molecule has 0 aromatic heterocycles. The summed E-state index contributed by atoms with van der Waals surface area (Å²) in [5, 5.41) is 0. The molecule has 134 valence electrons. The molecule has 3 atom stereocenters. The first-order chi connectivity index (χ1) is 10.9. The van der Waals surface area contributed by atoms with Crippen molar-refractivity contribution in [3.63, 3.8) is 0 Å². The van der Waals surface area contributed by atoms with E-state index in [1.165, 1.54) is 6.42 Å². The Kier molecular flexibility index (Phi) is 6.68. The SMILES string of the molecule is CC(C)(C)OC(=O)N1CCOCC1C(N)CCCC1CCCO1. The molecule has 2 N–H and O–H groups in total. The fraction of sp³-hybridized carbons (Fsp3) is 0.941. The summed E-state index contributed by atoms with van der Waals surface area (Å²) in [5.41, 5.74) is 5.86. The molecule has 6 nitrogen and oxygen atoms in total. The maximum Gasteiger partial charge on any atom is 0.410 e. The van der Waals surface area contributed by atoms with E-state index in [1.54, 1.807) is 4.90 Å². The van der Waals surface area contributed by atoms with Crippen LogP contribution in [0.3, 0.4) is 0 Å². The molecular weight excluding hydrogens is 296 g/mol. The van der Waals surface area contributed by atoms with Gasteiger partial charge >= 0.3 is 6.09 Å². The molecule has 2 rings (SSSR count). The first kappa shape index (κ1) is 18.5. The molecule has 0 aliphatic carbocycles. The molecule has 0 spiro atoms. The number of ether oxygens (including phenoxy) is 3. The largest absolute Gasteiger partial charge is 0.444 e. The van der Waals surface area contributed by atoms with Gasteiger partial charge in [-0.25, -0.2) is 4.79 Å². The van der Waals surface area contributed by atoms with Crippen molar-refractivity contribution < 1.29 is 19.0 Å². The Balaban J connectivity index is 1.82. The van der Waals surface area contributed by atoms with Crippen molar-refractivity contribution in [2.45, 2.75) is 76.7 Å². The lowest BCUT2D eigenvalue weighted by Crippen LogP contribution is -2.57. The van der Waals surface area contributed by atoms with Gasteiger partial charge in [0.25, 0.3) is 0 Å². The minimum absolute atomic E-state index is 0.0933. The predicted molar refractivity (Wildman–Crippen MR) is 88.3 cm³/mol. The number of carbonyl (C=O) groups excluding carboxylic acids is 1. The van der Waals surface area contributed by atoms with Gasteiger partial charge in [-0.1, -0.05) is 0 Å². The number of morpholine rings is 1. The Labute approximate surface area is 139 Å². The zero-order valence-electron chi connectivity index (χ0n) is 14.8. The Bertz CT molecular complexity index is 377. The summed E-state index contributed by atoms with van der Waals surface area (Å²) < 4.78 is 16.7. The monoisotopic (exact) mass is 328 g/mol. The second-order valence-corrected chi connectivity index (χ2v) is 7.55. The number of amides is 1. The van der Waals surface area contributed by atoms with E-state index in [2.05, 4.69) is 0 Å². The summed E-state index contributed by atoms with van der Waals surface area (Å²) >= 11 is 0. The molecule has 6 heteroatoms. The van der Waals surface area contributed by atoms with Crippen molar-refractivity contribution in [2.75, 3.05) is 26.4 Å². The Hall–Kier alpha value is -0.850. The number of nitrogens with two attached hydrogens (primary N) is 1. The number of nitrogens with zero attached hydrogens (tertiary/aromatic N) is 1. The van der Waals surface area contributed by atoms with Gasteiger partial charge in [-0.3, -0.25) is 4.90 Å². The molecule has 0 radical (unpaired) electrons. The van der Waals surface area contributed by atoms with E-state index >= 15 is 0 Å². The number of rotatable bonds is 5. The second kappa shape index (κ2) is 8.31. The van der Waals surface area contributed by atoms with Crippen LogP contribution in [-0.2, 0) is 14.2 Å². The van der Waals surface area contributed by atoms with E-state index in [4.69, 9.17) is 19.9 Å². The Morgan fingerprint density at radius 3 is 2.83 bits per heavy atom. The minimum atomic E-state index is -0.496.